The van der Waals surface area contributed by atoms with Gasteiger partial charge >= 0.3 is 0 Å². The van der Waals surface area contributed by atoms with Crippen LogP contribution in [0.5, 0.6) is 0 Å². The molecule has 40 heavy (non-hydrogen) atoms. The number of anilines is 5. The molecule has 2 aromatic heterocycles. The van der Waals surface area contributed by atoms with Crippen LogP contribution < -0.4 is 21.7 Å². The standard InChI is InChI=1S/C28H26N8O3S/c1-17-3-11-22(12-4-17)40(38,39)36-14-13-23-26(32-21-10-7-19(16-29)24(15-21)31-2)34-28(35-27(23)36)33-20-8-5-18(6-9-20)25(30)37/h3-16,29,31H,1-2H3,(H2,30,37)(H2,32,33,34,35). The van der Waals surface area contributed by atoms with E-state index in [-0.39, 0.29) is 16.5 Å². The summed E-state index contributed by atoms with van der Waals surface area (Å²) in [6.07, 6.45) is 2.70. The van der Waals surface area contributed by atoms with Crippen LogP contribution in [0, 0.1) is 12.3 Å². The van der Waals surface area contributed by atoms with E-state index in [1.165, 1.54) is 12.4 Å². The largest absolute Gasteiger partial charge is 0.388 e. The Labute approximate surface area is 230 Å². The number of hydrogen-bond donors (Lipinski definition) is 5. The van der Waals surface area contributed by atoms with Crippen molar-refractivity contribution in [2.45, 2.75) is 11.8 Å². The van der Waals surface area contributed by atoms with Crippen LogP contribution in [-0.4, -0.2) is 41.5 Å². The van der Waals surface area contributed by atoms with Crippen LogP contribution in [0.4, 0.5) is 28.8 Å². The summed E-state index contributed by atoms with van der Waals surface area (Å²) in [6.45, 7) is 1.88. The predicted octanol–water partition coefficient (Wildman–Crippen LogP) is 4.60. The predicted molar refractivity (Wildman–Crippen MR) is 157 cm³/mol. The second-order valence-electron chi connectivity index (χ2n) is 8.95. The molecule has 0 saturated heterocycles. The number of carbonyl (C=O) groups is 1. The number of rotatable bonds is 9. The van der Waals surface area contributed by atoms with Gasteiger partial charge in [-0.15, -0.1) is 0 Å². The fourth-order valence-corrected chi connectivity index (χ4v) is 5.42. The van der Waals surface area contributed by atoms with Crippen molar-refractivity contribution in [3.8, 4) is 0 Å². The SMILES string of the molecule is CNc1cc(Nc2nc(Nc3ccc(C(N)=O)cc3)nc3c2ccn3S(=O)(=O)c2ccc(C)cc2)ccc1C=N. The molecule has 0 spiro atoms. The molecule has 11 nitrogen and oxygen atoms in total. The number of fused-ring (bicyclic) bond motifs is 1. The highest BCUT2D eigenvalue weighted by atomic mass is 32.2. The molecule has 0 unspecified atom stereocenters. The highest BCUT2D eigenvalue weighted by Gasteiger charge is 2.22. The number of hydrogen-bond acceptors (Lipinski definition) is 9. The van der Waals surface area contributed by atoms with Gasteiger partial charge in [-0.2, -0.15) is 9.97 Å². The summed E-state index contributed by atoms with van der Waals surface area (Å²) in [6, 6.07) is 20.1. The number of nitrogens with one attached hydrogen (secondary N) is 4. The third-order valence-corrected chi connectivity index (χ3v) is 7.94. The molecule has 12 heteroatoms. The van der Waals surface area contributed by atoms with Crippen molar-refractivity contribution in [3.63, 3.8) is 0 Å². The van der Waals surface area contributed by atoms with Crippen molar-refractivity contribution in [2.24, 2.45) is 5.73 Å². The van der Waals surface area contributed by atoms with Gasteiger partial charge in [0.1, 0.15) is 5.82 Å². The van der Waals surface area contributed by atoms with Crippen molar-refractivity contribution in [2.75, 3.05) is 23.0 Å². The van der Waals surface area contributed by atoms with E-state index in [1.807, 2.05) is 13.0 Å². The fourth-order valence-electron chi connectivity index (χ4n) is 4.12. The molecule has 1 amide bonds. The average Bonchev–Trinajstić information content (AvgIpc) is 3.39. The van der Waals surface area contributed by atoms with E-state index in [0.717, 1.165) is 15.2 Å². The molecule has 0 aliphatic carbocycles. The van der Waals surface area contributed by atoms with Crippen molar-refractivity contribution in [3.05, 3.63) is 95.7 Å². The highest BCUT2D eigenvalue weighted by Crippen LogP contribution is 2.31. The van der Waals surface area contributed by atoms with E-state index >= 15 is 0 Å². The van der Waals surface area contributed by atoms with E-state index in [9.17, 15) is 13.2 Å². The third-order valence-electron chi connectivity index (χ3n) is 6.26. The van der Waals surface area contributed by atoms with Gasteiger partial charge in [-0.3, -0.25) is 4.79 Å². The van der Waals surface area contributed by atoms with Crippen LogP contribution in [0.1, 0.15) is 21.5 Å². The Bertz CT molecular complexity index is 1850. The Kier molecular flexibility index (Phi) is 6.92. The first kappa shape index (κ1) is 26.4. The first-order valence-corrected chi connectivity index (χ1v) is 13.6. The summed E-state index contributed by atoms with van der Waals surface area (Å²) < 4.78 is 28.3. The maximum atomic E-state index is 13.6. The van der Waals surface area contributed by atoms with Crippen LogP contribution in [0.25, 0.3) is 11.0 Å². The van der Waals surface area contributed by atoms with Crippen LogP contribution in [0.3, 0.4) is 0 Å². The van der Waals surface area contributed by atoms with E-state index in [1.54, 1.807) is 73.8 Å². The molecule has 0 saturated carbocycles. The number of nitrogens with two attached hydrogens (primary N) is 1. The molecule has 2 heterocycles. The van der Waals surface area contributed by atoms with Crippen molar-refractivity contribution < 1.29 is 13.2 Å². The summed E-state index contributed by atoms with van der Waals surface area (Å²) in [5, 5.41) is 17.5. The Morgan fingerprint density at radius 2 is 1.65 bits per heavy atom. The molecule has 0 aliphatic heterocycles. The average molecular weight is 555 g/mol. The summed E-state index contributed by atoms with van der Waals surface area (Å²) in [5.41, 5.74) is 9.47. The molecule has 6 N–H and O–H groups in total. The van der Waals surface area contributed by atoms with Crippen LogP contribution in [0.2, 0.25) is 0 Å². The third kappa shape index (κ3) is 5.07. The number of nitrogens with zero attached hydrogens (tertiary/aromatic N) is 3. The molecular formula is C28H26N8O3S. The normalized spacial score (nSPS) is 11.2. The Balaban J connectivity index is 1.63. The molecule has 202 valence electrons. The second kappa shape index (κ2) is 10.5. The maximum absolute atomic E-state index is 13.6. The van der Waals surface area contributed by atoms with E-state index in [2.05, 4.69) is 25.9 Å². The number of aryl methyl sites for hydroxylation is 1. The zero-order chi connectivity index (χ0) is 28.4. The lowest BCUT2D eigenvalue weighted by Gasteiger charge is -2.14. The Morgan fingerprint density at radius 1 is 0.950 bits per heavy atom. The minimum Gasteiger partial charge on any atom is -0.388 e. The summed E-state index contributed by atoms with van der Waals surface area (Å²) in [7, 11) is -2.21. The van der Waals surface area contributed by atoms with E-state index < -0.39 is 15.9 Å². The fraction of sp³-hybridized carbons (Fsp3) is 0.0714. The molecule has 0 bridgehead atoms. The molecule has 3 aromatic carbocycles. The maximum Gasteiger partial charge on any atom is 0.269 e. The minimum absolute atomic E-state index is 0.126. The van der Waals surface area contributed by atoms with Gasteiger partial charge in [0.15, 0.2) is 5.65 Å². The van der Waals surface area contributed by atoms with Gasteiger partial charge < -0.3 is 27.1 Å². The minimum atomic E-state index is -3.97. The molecule has 0 aliphatic rings. The van der Waals surface area contributed by atoms with Crippen molar-refractivity contribution in [1.29, 1.82) is 5.41 Å². The van der Waals surface area contributed by atoms with Crippen molar-refractivity contribution in [1.82, 2.24) is 13.9 Å². The first-order chi connectivity index (χ1) is 19.2. The Hall–Kier alpha value is -5.23. The lowest BCUT2D eigenvalue weighted by Crippen LogP contribution is -2.13. The lowest BCUT2D eigenvalue weighted by molar-refractivity contribution is 0.100. The van der Waals surface area contributed by atoms with Gasteiger partial charge in [-0.25, -0.2) is 12.4 Å². The van der Waals surface area contributed by atoms with Crippen LogP contribution in [-0.2, 0) is 10.0 Å². The van der Waals surface area contributed by atoms with Gasteiger partial charge in [0.25, 0.3) is 10.0 Å². The number of amides is 1. The van der Waals surface area contributed by atoms with Gasteiger partial charge in [0.2, 0.25) is 11.9 Å². The second-order valence-corrected chi connectivity index (χ2v) is 10.8. The van der Waals surface area contributed by atoms with Gasteiger partial charge in [-0.05, 0) is 67.6 Å². The molecule has 0 radical (unpaired) electrons. The molecule has 0 atom stereocenters. The lowest BCUT2D eigenvalue weighted by atomic mass is 10.1. The van der Waals surface area contributed by atoms with Crippen molar-refractivity contribution >= 4 is 62.0 Å². The smallest absolute Gasteiger partial charge is 0.269 e. The number of carbonyl (C=O) groups excluding carboxylic acids is 1. The molecular weight excluding hydrogens is 528 g/mol. The Morgan fingerprint density at radius 3 is 2.30 bits per heavy atom. The number of benzene rings is 3. The van der Waals surface area contributed by atoms with E-state index in [0.29, 0.717) is 33.7 Å². The first-order valence-electron chi connectivity index (χ1n) is 12.2. The summed E-state index contributed by atoms with van der Waals surface area (Å²) in [4.78, 5) is 20.8. The molecule has 5 aromatic rings. The highest BCUT2D eigenvalue weighted by molar-refractivity contribution is 7.90. The van der Waals surface area contributed by atoms with Gasteiger partial charge in [-0.1, -0.05) is 17.7 Å². The van der Waals surface area contributed by atoms with Gasteiger partial charge in [0.05, 0.1) is 10.3 Å². The van der Waals surface area contributed by atoms with E-state index in [4.69, 9.17) is 11.1 Å². The number of primary amides is 1. The van der Waals surface area contributed by atoms with Gasteiger partial charge in [0, 0.05) is 47.6 Å². The quantitative estimate of drug-likeness (QED) is 0.165. The zero-order valence-corrected chi connectivity index (χ0v) is 22.5. The topological polar surface area (TPSA) is 168 Å². The summed E-state index contributed by atoms with van der Waals surface area (Å²) >= 11 is 0. The number of aromatic nitrogens is 3. The van der Waals surface area contributed by atoms with Crippen LogP contribution >= 0.6 is 0 Å². The zero-order valence-electron chi connectivity index (χ0n) is 21.6. The molecule has 5 rings (SSSR count). The molecule has 0 fully saturated rings. The summed E-state index contributed by atoms with van der Waals surface area (Å²) in [5.74, 6) is -0.0561. The van der Waals surface area contributed by atoms with Crippen LogP contribution in [0.15, 0.2) is 83.9 Å². The monoisotopic (exact) mass is 554 g/mol.